The van der Waals surface area contributed by atoms with Gasteiger partial charge in [0.25, 0.3) is 9.05 Å². The van der Waals surface area contributed by atoms with Crippen LogP contribution in [0.4, 0.5) is 0 Å². The minimum absolute atomic E-state index is 0.0611. The summed E-state index contributed by atoms with van der Waals surface area (Å²) in [6.07, 6.45) is 3.40. The zero-order valence-electron chi connectivity index (χ0n) is 10.2. The van der Waals surface area contributed by atoms with Gasteiger partial charge in [0.1, 0.15) is 12.4 Å². The highest BCUT2D eigenvalue weighted by atomic mass is 35.7. The third kappa shape index (κ3) is 3.38. The maximum atomic E-state index is 11.2. The minimum atomic E-state index is -3.90. The van der Waals surface area contributed by atoms with Crippen molar-refractivity contribution in [3.63, 3.8) is 0 Å². The van der Waals surface area contributed by atoms with E-state index in [4.69, 9.17) is 38.6 Å². The van der Waals surface area contributed by atoms with Crippen molar-refractivity contribution >= 4 is 42.9 Å². The number of rotatable bonds is 4. The molecular weight excluding hydrogens is 347 g/mol. The van der Waals surface area contributed by atoms with Crippen molar-refractivity contribution in [2.75, 3.05) is 0 Å². The summed E-state index contributed by atoms with van der Waals surface area (Å²) in [4.78, 5) is 3.90. The molecule has 0 atom stereocenters. The molecule has 0 unspecified atom stereocenters. The Balaban J connectivity index is 2.27. The largest absolute Gasteiger partial charge is 0.483 e. The minimum Gasteiger partial charge on any atom is -0.483 e. The average molecular weight is 356 g/mol. The van der Waals surface area contributed by atoms with Gasteiger partial charge in [-0.25, -0.2) is 13.4 Å². The van der Waals surface area contributed by atoms with Crippen LogP contribution in [0.15, 0.2) is 29.4 Å². The van der Waals surface area contributed by atoms with Crippen LogP contribution in [-0.4, -0.2) is 18.0 Å². The highest BCUT2D eigenvalue weighted by molar-refractivity contribution is 8.13. The van der Waals surface area contributed by atoms with E-state index in [-0.39, 0.29) is 27.3 Å². The maximum absolute atomic E-state index is 11.2. The van der Waals surface area contributed by atoms with Gasteiger partial charge in [0.15, 0.2) is 5.75 Å². The highest BCUT2D eigenvalue weighted by Gasteiger charge is 2.17. The lowest BCUT2D eigenvalue weighted by Gasteiger charge is -2.10. The molecule has 20 heavy (non-hydrogen) atoms. The number of aryl methyl sites for hydroxylation is 1. The SMILES string of the molecule is Cn1ccnc1COc1c(Cl)cc(S(=O)(=O)Cl)cc1Cl. The Morgan fingerprint density at radius 2 is 1.90 bits per heavy atom. The molecule has 2 aromatic rings. The quantitative estimate of drug-likeness (QED) is 0.790. The van der Waals surface area contributed by atoms with Gasteiger partial charge in [-0.2, -0.15) is 0 Å². The van der Waals surface area contributed by atoms with E-state index in [2.05, 4.69) is 4.98 Å². The van der Waals surface area contributed by atoms with Gasteiger partial charge in [-0.3, -0.25) is 0 Å². The number of ether oxygens (including phenoxy) is 1. The van der Waals surface area contributed by atoms with Gasteiger partial charge in [-0.05, 0) is 12.1 Å². The lowest BCUT2D eigenvalue weighted by molar-refractivity contribution is 0.292. The van der Waals surface area contributed by atoms with Gasteiger partial charge in [0.05, 0.1) is 14.9 Å². The van der Waals surface area contributed by atoms with Crippen LogP contribution in [0.5, 0.6) is 5.75 Å². The van der Waals surface area contributed by atoms with Crippen molar-refractivity contribution < 1.29 is 13.2 Å². The zero-order valence-corrected chi connectivity index (χ0v) is 13.3. The Bertz CT molecular complexity index is 720. The first-order valence-corrected chi connectivity index (χ1v) is 8.38. The molecule has 0 aliphatic carbocycles. The second kappa shape index (κ2) is 5.81. The molecule has 0 saturated heterocycles. The van der Waals surface area contributed by atoms with Crippen molar-refractivity contribution in [1.82, 2.24) is 9.55 Å². The topological polar surface area (TPSA) is 61.2 Å². The van der Waals surface area contributed by atoms with E-state index in [1.54, 1.807) is 17.0 Å². The normalized spacial score (nSPS) is 11.6. The molecule has 9 heteroatoms. The van der Waals surface area contributed by atoms with E-state index >= 15 is 0 Å². The lowest BCUT2D eigenvalue weighted by atomic mass is 10.3. The monoisotopic (exact) mass is 354 g/mol. The summed E-state index contributed by atoms with van der Waals surface area (Å²) >= 11 is 11.9. The van der Waals surface area contributed by atoms with Crippen LogP contribution in [0, 0.1) is 0 Å². The summed E-state index contributed by atoms with van der Waals surface area (Å²) in [6, 6.07) is 2.37. The number of halogens is 3. The van der Waals surface area contributed by atoms with Gasteiger partial charge < -0.3 is 9.30 Å². The fraction of sp³-hybridized carbons (Fsp3) is 0.182. The highest BCUT2D eigenvalue weighted by Crippen LogP contribution is 2.36. The summed E-state index contributed by atoms with van der Waals surface area (Å²) in [5.41, 5.74) is 0. The first-order valence-electron chi connectivity index (χ1n) is 5.31. The fourth-order valence-electron chi connectivity index (χ4n) is 1.49. The Morgan fingerprint density at radius 3 is 2.35 bits per heavy atom. The van der Waals surface area contributed by atoms with Crippen LogP contribution in [0.25, 0.3) is 0 Å². The summed E-state index contributed by atoms with van der Waals surface area (Å²) in [7, 11) is 3.15. The van der Waals surface area contributed by atoms with Crippen molar-refractivity contribution in [3.05, 3.63) is 40.4 Å². The first-order chi connectivity index (χ1) is 9.29. The summed E-state index contributed by atoms with van der Waals surface area (Å²) in [5.74, 6) is 0.853. The van der Waals surface area contributed by atoms with E-state index in [1.807, 2.05) is 7.05 Å². The number of nitrogens with zero attached hydrogens (tertiary/aromatic N) is 2. The maximum Gasteiger partial charge on any atom is 0.261 e. The molecule has 1 aromatic heterocycles. The molecule has 1 aromatic carbocycles. The number of imidazole rings is 1. The van der Waals surface area contributed by atoms with Crippen LogP contribution >= 0.6 is 33.9 Å². The Morgan fingerprint density at radius 1 is 1.30 bits per heavy atom. The van der Waals surface area contributed by atoms with Crippen molar-refractivity contribution in [1.29, 1.82) is 0 Å². The third-order valence-corrected chi connectivity index (χ3v) is 4.41. The molecule has 108 valence electrons. The molecule has 0 N–H and O–H groups in total. The summed E-state index contributed by atoms with van der Waals surface area (Å²) in [6.45, 7) is 0.149. The van der Waals surface area contributed by atoms with E-state index in [0.717, 1.165) is 0 Å². The van der Waals surface area contributed by atoms with Crippen molar-refractivity contribution in [3.8, 4) is 5.75 Å². The van der Waals surface area contributed by atoms with Crippen LogP contribution < -0.4 is 4.74 Å². The van der Waals surface area contributed by atoms with E-state index in [0.29, 0.717) is 5.82 Å². The molecule has 0 radical (unpaired) electrons. The molecule has 0 saturated carbocycles. The molecule has 0 aliphatic heterocycles. The molecule has 0 fully saturated rings. The van der Waals surface area contributed by atoms with E-state index < -0.39 is 9.05 Å². The molecule has 5 nitrogen and oxygen atoms in total. The predicted octanol–water partition coefficient (Wildman–Crippen LogP) is 3.23. The Labute approximate surface area is 130 Å². The number of aromatic nitrogens is 2. The number of benzene rings is 1. The molecule has 2 rings (SSSR count). The molecule has 1 heterocycles. The second-order valence-corrected chi connectivity index (χ2v) is 7.28. The second-order valence-electron chi connectivity index (χ2n) is 3.90. The van der Waals surface area contributed by atoms with Gasteiger partial charge in [0, 0.05) is 30.1 Å². The Hall–Kier alpha value is -0.950. The van der Waals surface area contributed by atoms with Gasteiger partial charge >= 0.3 is 0 Å². The Kier molecular flexibility index (Phi) is 4.49. The first kappa shape index (κ1) is 15.4. The standard InChI is InChI=1S/C11H9Cl3N2O3S/c1-16-3-2-15-10(16)6-19-11-8(12)4-7(5-9(11)13)20(14,17)18/h2-5H,6H2,1H3. The number of hydrogen-bond acceptors (Lipinski definition) is 4. The van der Waals surface area contributed by atoms with Crippen molar-refractivity contribution in [2.45, 2.75) is 11.5 Å². The van der Waals surface area contributed by atoms with Crippen LogP contribution in [0.1, 0.15) is 5.82 Å². The smallest absolute Gasteiger partial charge is 0.261 e. The fourth-order valence-corrected chi connectivity index (χ4v) is 3.00. The lowest BCUT2D eigenvalue weighted by Crippen LogP contribution is -2.04. The van der Waals surface area contributed by atoms with Crippen LogP contribution in [0.3, 0.4) is 0 Å². The third-order valence-electron chi connectivity index (χ3n) is 2.52. The van der Waals surface area contributed by atoms with Crippen molar-refractivity contribution in [2.24, 2.45) is 7.05 Å². The van der Waals surface area contributed by atoms with Gasteiger partial charge in [0.2, 0.25) is 0 Å². The molecule has 0 aliphatic rings. The van der Waals surface area contributed by atoms with Crippen LogP contribution in [0.2, 0.25) is 10.0 Å². The van der Waals surface area contributed by atoms with Gasteiger partial charge in [-0.15, -0.1) is 0 Å². The summed E-state index contributed by atoms with van der Waals surface area (Å²) < 4.78 is 29.7. The molecule has 0 spiro atoms. The average Bonchev–Trinajstić information content (AvgIpc) is 2.72. The molecule has 0 bridgehead atoms. The number of hydrogen-bond donors (Lipinski definition) is 0. The molecular formula is C11H9Cl3N2O3S. The zero-order chi connectivity index (χ0) is 14.9. The van der Waals surface area contributed by atoms with Gasteiger partial charge in [-0.1, -0.05) is 23.2 Å². The van der Waals surface area contributed by atoms with Crippen LogP contribution in [-0.2, 0) is 22.7 Å². The van der Waals surface area contributed by atoms with E-state index in [1.165, 1.54) is 12.1 Å². The summed E-state index contributed by atoms with van der Waals surface area (Å²) in [5, 5.41) is 0.122. The molecule has 0 amide bonds. The van der Waals surface area contributed by atoms with E-state index in [9.17, 15) is 8.42 Å². The predicted molar refractivity (Wildman–Crippen MR) is 77.0 cm³/mol.